The van der Waals surface area contributed by atoms with Crippen LogP contribution in [-0.4, -0.2) is 37.6 Å². The van der Waals surface area contributed by atoms with Gasteiger partial charge >= 0.3 is 5.97 Å². The average Bonchev–Trinajstić information content (AvgIpc) is 2.43. The van der Waals surface area contributed by atoms with Gasteiger partial charge in [0.25, 0.3) is 0 Å². The Bertz CT molecular complexity index is 432. The van der Waals surface area contributed by atoms with Crippen LogP contribution < -0.4 is 5.73 Å². The molecule has 0 unspecified atom stereocenters. The molecule has 1 aliphatic heterocycles. The van der Waals surface area contributed by atoms with Gasteiger partial charge in [0, 0.05) is 13.1 Å². The first-order chi connectivity index (χ1) is 8.76. The molecule has 4 heteroatoms. The quantitative estimate of drug-likeness (QED) is 0.813. The van der Waals surface area contributed by atoms with Crippen LogP contribution in [0.3, 0.4) is 0 Å². The molecule has 0 spiro atoms. The van der Waals surface area contributed by atoms with Gasteiger partial charge in [0.05, 0.1) is 12.7 Å². The van der Waals surface area contributed by atoms with Gasteiger partial charge in [0.1, 0.15) is 0 Å². The highest BCUT2D eigenvalue weighted by Crippen LogP contribution is 2.23. The lowest BCUT2D eigenvalue weighted by Gasteiger charge is -2.29. The third-order valence-corrected chi connectivity index (χ3v) is 3.44. The predicted octanol–water partition coefficient (Wildman–Crippen LogP) is 1.18. The van der Waals surface area contributed by atoms with Crippen molar-refractivity contribution in [1.29, 1.82) is 0 Å². The van der Waals surface area contributed by atoms with E-state index in [9.17, 15) is 4.79 Å². The number of ether oxygens (including phenoxy) is 1. The van der Waals surface area contributed by atoms with Gasteiger partial charge in [-0.25, -0.2) is 4.79 Å². The number of carbonyl (C=O) groups is 1. The summed E-state index contributed by atoms with van der Waals surface area (Å²) in [6.45, 7) is 3.56. The van der Waals surface area contributed by atoms with Gasteiger partial charge in [0.2, 0.25) is 0 Å². The zero-order valence-electron chi connectivity index (χ0n) is 10.8. The molecule has 0 saturated carbocycles. The van der Waals surface area contributed by atoms with Crippen LogP contribution in [0, 0.1) is 0 Å². The number of methoxy groups -OCH3 is 1. The van der Waals surface area contributed by atoms with Crippen LogP contribution in [0.1, 0.15) is 27.9 Å². The lowest BCUT2D eigenvalue weighted by atomic mass is 9.95. The summed E-state index contributed by atoms with van der Waals surface area (Å²) in [6, 6.07) is 5.87. The summed E-state index contributed by atoms with van der Waals surface area (Å²) in [4.78, 5) is 14.1. The number of benzene rings is 1. The summed E-state index contributed by atoms with van der Waals surface area (Å²) in [6.07, 6.45) is 1.99. The van der Waals surface area contributed by atoms with Crippen LogP contribution in [0.25, 0.3) is 0 Å². The van der Waals surface area contributed by atoms with Crippen molar-refractivity contribution < 1.29 is 9.53 Å². The molecule has 98 valence electrons. The Labute approximate surface area is 108 Å². The highest BCUT2D eigenvalue weighted by Gasteiger charge is 2.21. The number of fused-ring (bicyclic) bond motifs is 1. The molecule has 1 aromatic carbocycles. The van der Waals surface area contributed by atoms with Crippen molar-refractivity contribution in [2.24, 2.45) is 5.73 Å². The Hall–Kier alpha value is -1.39. The molecule has 18 heavy (non-hydrogen) atoms. The molecule has 0 bridgehead atoms. The first kappa shape index (κ1) is 13.1. The van der Waals surface area contributed by atoms with E-state index in [1.807, 2.05) is 12.1 Å². The maximum atomic E-state index is 11.7. The van der Waals surface area contributed by atoms with Gasteiger partial charge in [-0.2, -0.15) is 0 Å². The van der Waals surface area contributed by atoms with Crippen molar-refractivity contribution in [2.45, 2.75) is 19.4 Å². The van der Waals surface area contributed by atoms with E-state index in [4.69, 9.17) is 10.5 Å². The monoisotopic (exact) mass is 248 g/mol. The van der Waals surface area contributed by atoms with Gasteiger partial charge in [-0.05, 0) is 43.1 Å². The lowest BCUT2D eigenvalue weighted by Crippen LogP contribution is -2.33. The fraction of sp³-hybridized carbons (Fsp3) is 0.500. The highest BCUT2D eigenvalue weighted by molar-refractivity contribution is 5.91. The third-order valence-electron chi connectivity index (χ3n) is 3.44. The molecule has 4 nitrogen and oxygen atoms in total. The average molecular weight is 248 g/mol. The van der Waals surface area contributed by atoms with Crippen LogP contribution >= 0.6 is 0 Å². The fourth-order valence-electron chi connectivity index (χ4n) is 2.44. The second-order valence-electron chi connectivity index (χ2n) is 4.60. The van der Waals surface area contributed by atoms with Crippen LogP contribution in [0.15, 0.2) is 18.2 Å². The molecule has 0 atom stereocenters. The molecule has 0 radical (unpaired) electrons. The zero-order valence-corrected chi connectivity index (χ0v) is 10.8. The number of carbonyl (C=O) groups excluding carboxylic acids is 1. The number of esters is 1. The van der Waals surface area contributed by atoms with Gasteiger partial charge < -0.3 is 10.5 Å². The minimum atomic E-state index is -0.243. The summed E-state index contributed by atoms with van der Waals surface area (Å²) in [5, 5.41) is 0. The van der Waals surface area contributed by atoms with Crippen molar-refractivity contribution >= 4 is 5.97 Å². The molecule has 1 heterocycles. The van der Waals surface area contributed by atoms with Gasteiger partial charge in [-0.1, -0.05) is 12.1 Å². The third kappa shape index (κ3) is 2.71. The van der Waals surface area contributed by atoms with E-state index in [0.717, 1.165) is 38.0 Å². The molecular weight excluding hydrogens is 228 g/mol. The number of hydrogen-bond acceptors (Lipinski definition) is 4. The zero-order chi connectivity index (χ0) is 13.0. The molecule has 0 saturated heterocycles. The van der Waals surface area contributed by atoms with E-state index >= 15 is 0 Å². The Balaban J connectivity index is 2.20. The van der Waals surface area contributed by atoms with E-state index in [-0.39, 0.29) is 5.97 Å². The number of nitrogens with two attached hydrogens (primary N) is 1. The number of nitrogens with zero attached hydrogens (tertiary/aromatic N) is 1. The van der Waals surface area contributed by atoms with Crippen LogP contribution in [0.5, 0.6) is 0 Å². The van der Waals surface area contributed by atoms with Crippen LogP contribution in [0.4, 0.5) is 0 Å². The first-order valence-electron chi connectivity index (χ1n) is 6.37. The Morgan fingerprint density at radius 3 is 3.06 bits per heavy atom. The van der Waals surface area contributed by atoms with Crippen LogP contribution in [0.2, 0.25) is 0 Å². The maximum Gasteiger partial charge on any atom is 0.338 e. The Kier molecular flexibility index (Phi) is 4.33. The first-order valence-corrected chi connectivity index (χ1v) is 6.37. The molecule has 2 N–H and O–H groups in total. The van der Waals surface area contributed by atoms with Gasteiger partial charge in [0.15, 0.2) is 0 Å². The minimum absolute atomic E-state index is 0.243. The van der Waals surface area contributed by atoms with Gasteiger partial charge in [-0.3, -0.25) is 4.90 Å². The van der Waals surface area contributed by atoms with E-state index in [1.54, 1.807) is 0 Å². The molecular formula is C14H20N2O2. The molecule has 1 aliphatic rings. The standard InChI is InChI=1S/C14H20N2O2/c1-18-14(17)12-5-2-4-11-6-9-16(8-3-7-15)10-13(11)12/h2,4-5H,3,6-10,15H2,1H3. The smallest absolute Gasteiger partial charge is 0.338 e. The van der Waals surface area contributed by atoms with E-state index < -0.39 is 0 Å². The lowest BCUT2D eigenvalue weighted by molar-refractivity contribution is 0.0597. The van der Waals surface area contributed by atoms with E-state index in [1.165, 1.54) is 12.7 Å². The minimum Gasteiger partial charge on any atom is -0.465 e. The van der Waals surface area contributed by atoms with E-state index in [0.29, 0.717) is 12.1 Å². The fourth-order valence-corrected chi connectivity index (χ4v) is 2.44. The Morgan fingerprint density at radius 1 is 1.50 bits per heavy atom. The molecule has 0 aliphatic carbocycles. The second-order valence-corrected chi connectivity index (χ2v) is 4.60. The summed E-state index contributed by atoms with van der Waals surface area (Å²) in [7, 11) is 1.43. The van der Waals surface area contributed by atoms with Gasteiger partial charge in [-0.15, -0.1) is 0 Å². The van der Waals surface area contributed by atoms with Crippen LogP contribution in [-0.2, 0) is 17.7 Å². The summed E-state index contributed by atoms with van der Waals surface area (Å²) >= 11 is 0. The Morgan fingerprint density at radius 2 is 2.33 bits per heavy atom. The molecule has 0 amide bonds. The topological polar surface area (TPSA) is 55.6 Å². The molecule has 0 aromatic heterocycles. The van der Waals surface area contributed by atoms with Crippen molar-refractivity contribution in [1.82, 2.24) is 4.90 Å². The molecule has 1 aromatic rings. The summed E-state index contributed by atoms with van der Waals surface area (Å²) in [5.41, 5.74) is 8.62. The number of rotatable bonds is 4. The largest absolute Gasteiger partial charge is 0.465 e. The maximum absolute atomic E-state index is 11.7. The summed E-state index contributed by atoms with van der Waals surface area (Å²) in [5.74, 6) is -0.243. The highest BCUT2D eigenvalue weighted by atomic mass is 16.5. The van der Waals surface area contributed by atoms with Crippen molar-refractivity contribution in [2.75, 3.05) is 26.7 Å². The van der Waals surface area contributed by atoms with Crippen molar-refractivity contribution in [3.05, 3.63) is 34.9 Å². The molecule has 0 fully saturated rings. The normalized spacial score (nSPS) is 15.2. The summed E-state index contributed by atoms with van der Waals surface area (Å²) < 4.78 is 4.84. The SMILES string of the molecule is COC(=O)c1cccc2c1CN(CCCN)CC2. The number of hydrogen-bond donors (Lipinski definition) is 1. The van der Waals surface area contributed by atoms with Crippen molar-refractivity contribution in [3.63, 3.8) is 0 Å². The van der Waals surface area contributed by atoms with Crippen molar-refractivity contribution in [3.8, 4) is 0 Å². The predicted molar refractivity (Wildman–Crippen MR) is 70.4 cm³/mol. The van der Waals surface area contributed by atoms with E-state index in [2.05, 4.69) is 11.0 Å². The molecule has 2 rings (SSSR count). The second kappa shape index (κ2) is 5.98.